The number of aryl methyl sites for hydroxylation is 1. The van der Waals surface area contributed by atoms with Gasteiger partial charge in [-0.25, -0.2) is 9.97 Å². The molecule has 3 rings (SSSR count). The first kappa shape index (κ1) is 19.0. The van der Waals surface area contributed by atoms with Crippen LogP contribution >= 0.6 is 11.6 Å². The fourth-order valence-corrected chi connectivity index (χ4v) is 3.14. The topological polar surface area (TPSA) is 68.9 Å². The van der Waals surface area contributed by atoms with E-state index in [-0.39, 0.29) is 5.69 Å². The van der Waals surface area contributed by atoms with Gasteiger partial charge in [0.25, 0.3) is 5.69 Å². The Hall–Kier alpha value is -2.79. The van der Waals surface area contributed by atoms with Crippen molar-refractivity contribution < 1.29 is 4.92 Å². The van der Waals surface area contributed by atoms with E-state index in [4.69, 9.17) is 16.6 Å². The SMILES string of the molecule is CCCCc1nc(-c2ccccc2)nc(Cl)c1Cc1ccc([N+](=O)[O-])cc1. The third-order valence-electron chi connectivity index (χ3n) is 4.37. The Morgan fingerprint density at radius 3 is 2.37 bits per heavy atom. The number of nitro benzene ring substituents is 1. The molecule has 0 aliphatic carbocycles. The molecule has 0 aliphatic heterocycles. The molecule has 0 bridgehead atoms. The molecule has 0 N–H and O–H groups in total. The molecule has 0 fully saturated rings. The lowest BCUT2D eigenvalue weighted by Gasteiger charge is -2.13. The molecule has 2 aromatic carbocycles. The second-order valence-electron chi connectivity index (χ2n) is 6.33. The van der Waals surface area contributed by atoms with Crippen molar-refractivity contribution in [1.29, 1.82) is 0 Å². The van der Waals surface area contributed by atoms with Crippen molar-refractivity contribution >= 4 is 17.3 Å². The molecule has 0 saturated heterocycles. The summed E-state index contributed by atoms with van der Waals surface area (Å²) in [7, 11) is 0. The average molecular weight is 382 g/mol. The molecule has 3 aromatic rings. The van der Waals surface area contributed by atoms with Crippen LogP contribution < -0.4 is 0 Å². The molecule has 138 valence electrons. The van der Waals surface area contributed by atoms with E-state index in [1.54, 1.807) is 12.1 Å². The van der Waals surface area contributed by atoms with Crippen LogP contribution in [0.1, 0.15) is 36.6 Å². The van der Waals surface area contributed by atoms with E-state index in [0.29, 0.717) is 17.4 Å². The van der Waals surface area contributed by atoms with Crippen LogP contribution in [-0.4, -0.2) is 14.9 Å². The molecule has 0 aliphatic rings. The molecule has 27 heavy (non-hydrogen) atoms. The third-order valence-corrected chi connectivity index (χ3v) is 4.68. The minimum Gasteiger partial charge on any atom is -0.258 e. The highest BCUT2D eigenvalue weighted by molar-refractivity contribution is 6.30. The number of halogens is 1. The lowest BCUT2D eigenvalue weighted by Crippen LogP contribution is -2.05. The van der Waals surface area contributed by atoms with Crippen LogP contribution in [0.2, 0.25) is 5.15 Å². The Bertz CT molecular complexity index is 928. The zero-order chi connectivity index (χ0) is 19.2. The Morgan fingerprint density at radius 2 is 1.74 bits per heavy atom. The van der Waals surface area contributed by atoms with Gasteiger partial charge in [-0.2, -0.15) is 0 Å². The maximum Gasteiger partial charge on any atom is 0.269 e. The van der Waals surface area contributed by atoms with Gasteiger partial charge in [-0.15, -0.1) is 0 Å². The number of rotatable bonds is 7. The first-order chi connectivity index (χ1) is 13.1. The molecule has 5 nitrogen and oxygen atoms in total. The Morgan fingerprint density at radius 1 is 1.04 bits per heavy atom. The van der Waals surface area contributed by atoms with Crippen LogP contribution in [0.25, 0.3) is 11.4 Å². The van der Waals surface area contributed by atoms with Crippen LogP contribution in [-0.2, 0) is 12.8 Å². The number of non-ortho nitro benzene ring substituents is 1. The van der Waals surface area contributed by atoms with E-state index < -0.39 is 4.92 Å². The molecule has 0 amide bonds. The van der Waals surface area contributed by atoms with E-state index in [0.717, 1.165) is 41.6 Å². The van der Waals surface area contributed by atoms with E-state index in [1.165, 1.54) is 12.1 Å². The zero-order valence-corrected chi connectivity index (χ0v) is 15.8. The first-order valence-electron chi connectivity index (χ1n) is 8.92. The monoisotopic (exact) mass is 381 g/mol. The quantitative estimate of drug-likeness (QED) is 0.301. The average Bonchev–Trinajstić information content (AvgIpc) is 2.69. The largest absolute Gasteiger partial charge is 0.269 e. The highest BCUT2D eigenvalue weighted by atomic mass is 35.5. The van der Waals surface area contributed by atoms with Gasteiger partial charge in [-0.1, -0.05) is 67.4 Å². The fraction of sp³-hybridized carbons (Fsp3) is 0.238. The fourth-order valence-electron chi connectivity index (χ4n) is 2.88. The van der Waals surface area contributed by atoms with Crippen LogP contribution in [0.4, 0.5) is 5.69 Å². The van der Waals surface area contributed by atoms with Gasteiger partial charge < -0.3 is 0 Å². The first-order valence-corrected chi connectivity index (χ1v) is 9.30. The van der Waals surface area contributed by atoms with Gasteiger partial charge in [0.05, 0.1) is 4.92 Å². The summed E-state index contributed by atoms with van der Waals surface area (Å²) >= 11 is 6.54. The van der Waals surface area contributed by atoms with Gasteiger partial charge in [0.1, 0.15) is 5.15 Å². The van der Waals surface area contributed by atoms with Crippen molar-refractivity contribution in [2.45, 2.75) is 32.6 Å². The standard InChI is InChI=1S/C21H20ClN3O2/c1-2-3-9-19-18(14-15-10-12-17(13-11-15)25(26)27)20(22)24-21(23-19)16-7-5-4-6-8-16/h4-8,10-13H,2-3,9,14H2,1H3. The number of hydrogen-bond donors (Lipinski definition) is 0. The number of aromatic nitrogens is 2. The maximum absolute atomic E-state index is 10.8. The zero-order valence-electron chi connectivity index (χ0n) is 15.1. The molecular formula is C21H20ClN3O2. The molecule has 0 radical (unpaired) electrons. The highest BCUT2D eigenvalue weighted by Gasteiger charge is 2.15. The van der Waals surface area contributed by atoms with Crippen molar-refractivity contribution in [3.05, 3.63) is 86.7 Å². The maximum atomic E-state index is 10.8. The summed E-state index contributed by atoms with van der Waals surface area (Å²) in [6, 6.07) is 16.3. The summed E-state index contributed by atoms with van der Waals surface area (Å²) in [5, 5.41) is 11.3. The van der Waals surface area contributed by atoms with Gasteiger partial charge in [-0.05, 0) is 18.4 Å². The Balaban J connectivity index is 1.96. The van der Waals surface area contributed by atoms with Crippen molar-refractivity contribution in [2.24, 2.45) is 0 Å². The van der Waals surface area contributed by atoms with E-state index in [1.807, 2.05) is 30.3 Å². The van der Waals surface area contributed by atoms with Gasteiger partial charge in [0.2, 0.25) is 0 Å². The lowest BCUT2D eigenvalue weighted by atomic mass is 10.0. The Labute approximate surface area is 163 Å². The van der Waals surface area contributed by atoms with Crippen LogP contribution in [0.15, 0.2) is 54.6 Å². The molecule has 0 atom stereocenters. The van der Waals surface area contributed by atoms with Gasteiger partial charge in [-0.3, -0.25) is 10.1 Å². The second-order valence-corrected chi connectivity index (χ2v) is 6.69. The van der Waals surface area contributed by atoms with E-state index in [9.17, 15) is 10.1 Å². The third kappa shape index (κ3) is 4.68. The van der Waals surface area contributed by atoms with Gasteiger partial charge in [0.15, 0.2) is 5.82 Å². The summed E-state index contributed by atoms with van der Waals surface area (Å²) in [4.78, 5) is 19.7. The van der Waals surface area contributed by atoms with Crippen LogP contribution in [0.3, 0.4) is 0 Å². The van der Waals surface area contributed by atoms with E-state index in [2.05, 4.69) is 11.9 Å². The Kier molecular flexibility index (Phi) is 6.14. The molecule has 1 aromatic heterocycles. The summed E-state index contributed by atoms with van der Waals surface area (Å²) in [5.41, 5.74) is 3.77. The summed E-state index contributed by atoms with van der Waals surface area (Å²) in [6.07, 6.45) is 3.43. The molecule has 1 heterocycles. The minimum absolute atomic E-state index is 0.0757. The van der Waals surface area contributed by atoms with Crippen molar-refractivity contribution in [3.8, 4) is 11.4 Å². The normalized spacial score (nSPS) is 10.7. The molecular weight excluding hydrogens is 362 g/mol. The molecule has 0 spiro atoms. The van der Waals surface area contributed by atoms with Gasteiger partial charge in [0, 0.05) is 35.4 Å². The number of unbranched alkanes of at least 4 members (excludes halogenated alkanes) is 1. The minimum atomic E-state index is -0.402. The number of benzene rings is 2. The predicted molar refractivity (Wildman–Crippen MR) is 107 cm³/mol. The number of nitrogens with zero attached hydrogens (tertiary/aromatic N) is 3. The smallest absolute Gasteiger partial charge is 0.258 e. The summed E-state index contributed by atoms with van der Waals surface area (Å²) in [6.45, 7) is 2.14. The second kappa shape index (κ2) is 8.73. The molecule has 0 saturated carbocycles. The number of nitro groups is 1. The van der Waals surface area contributed by atoms with Gasteiger partial charge >= 0.3 is 0 Å². The lowest BCUT2D eigenvalue weighted by molar-refractivity contribution is -0.384. The molecule has 0 unspecified atom stereocenters. The summed E-state index contributed by atoms with van der Waals surface area (Å²) in [5.74, 6) is 0.624. The highest BCUT2D eigenvalue weighted by Crippen LogP contribution is 2.26. The molecule has 6 heteroatoms. The van der Waals surface area contributed by atoms with Crippen LogP contribution in [0, 0.1) is 10.1 Å². The van der Waals surface area contributed by atoms with Crippen molar-refractivity contribution in [3.63, 3.8) is 0 Å². The number of hydrogen-bond acceptors (Lipinski definition) is 4. The summed E-state index contributed by atoms with van der Waals surface area (Å²) < 4.78 is 0. The van der Waals surface area contributed by atoms with Crippen molar-refractivity contribution in [1.82, 2.24) is 9.97 Å². The predicted octanol–water partition coefficient (Wildman–Crippen LogP) is 5.64. The van der Waals surface area contributed by atoms with Crippen molar-refractivity contribution in [2.75, 3.05) is 0 Å². The van der Waals surface area contributed by atoms with Crippen LogP contribution in [0.5, 0.6) is 0 Å². The van der Waals surface area contributed by atoms with E-state index >= 15 is 0 Å².